The molecular weight excluding hydrogens is 584 g/mol. The quantitative estimate of drug-likeness (QED) is 0.164. The van der Waals surface area contributed by atoms with Crippen molar-refractivity contribution < 1.29 is 33.0 Å². The third-order valence-electron chi connectivity index (χ3n) is 8.39. The molecule has 2 amide bonds. The lowest BCUT2D eigenvalue weighted by atomic mass is 9.82. The van der Waals surface area contributed by atoms with Crippen molar-refractivity contribution in [3.05, 3.63) is 48.6 Å². The van der Waals surface area contributed by atoms with Gasteiger partial charge >= 0.3 is 0 Å². The molecule has 2 fully saturated rings. The summed E-state index contributed by atoms with van der Waals surface area (Å²) in [6.07, 6.45) is 5.73. The summed E-state index contributed by atoms with van der Waals surface area (Å²) in [7, 11) is -4.02. The SMILES string of the molecule is C=CCC(NC(=O)[C@H](Cc1ccccc1)NS(=O)(=O)N1CCOCC1)C(=O)N[C@@H](CC1CCCCC1)[C@@H](O)[C@@H](O)CC(C)C. The lowest BCUT2D eigenvalue weighted by Crippen LogP contribution is -2.59. The van der Waals surface area contributed by atoms with Crippen LogP contribution in [0.15, 0.2) is 43.0 Å². The Balaban J connectivity index is 1.78. The number of carbonyl (C=O) groups excluding carboxylic acids is 2. The molecule has 12 heteroatoms. The van der Waals surface area contributed by atoms with Crippen LogP contribution in [-0.4, -0.2) is 91.4 Å². The van der Waals surface area contributed by atoms with Crippen LogP contribution < -0.4 is 15.4 Å². The Bertz CT molecular complexity index is 1140. The minimum atomic E-state index is -4.02. The molecule has 1 unspecified atom stereocenters. The summed E-state index contributed by atoms with van der Waals surface area (Å²) in [5.74, 6) is -0.713. The van der Waals surface area contributed by atoms with E-state index >= 15 is 0 Å². The molecule has 3 rings (SSSR count). The van der Waals surface area contributed by atoms with Crippen molar-refractivity contribution in [1.82, 2.24) is 19.7 Å². The van der Waals surface area contributed by atoms with E-state index in [0.717, 1.165) is 31.2 Å². The van der Waals surface area contributed by atoms with Gasteiger partial charge in [0.2, 0.25) is 11.8 Å². The molecule has 248 valence electrons. The number of nitrogens with zero attached hydrogens (tertiary/aromatic N) is 1. The highest BCUT2D eigenvalue weighted by Crippen LogP contribution is 2.29. The fourth-order valence-electron chi connectivity index (χ4n) is 5.99. The molecule has 0 radical (unpaired) electrons. The molecule has 0 bridgehead atoms. The number of amides is 2. The minimum absolute atomic E-state index is 0.0725. The second-order valence-corrected chi connectivity index (χ2v) is 14.2. The summed E-state index contributed by atoms with van der Waals surface area (Å²) in [6, 6.07) is 6.09. The summed E-state index contributed by atoms with van der Waals surface area (Å²) in [5.41, 5.74) is 0.747. The standard InChI is InChI=1S/C32H52N4O7S/c1-4-11-26(31(39)34-27(21-24-12-7-5-8-13-24)30(38)29(37)20-23(2)3)33-32(40)28(22-25-14-9-6-10-15-25)35-44(41,42)36-16-18-43-19-17-36/h4,6,9-10,14-15,23-24,26-30,35,37-38H,1,5,7-8,11-13,16-22H2,2-3H3,(H,33,40)(H,34,39)/t26?,27-,28-,29-,30+/m0/s1. The van der Waals surface area contributed by atoms with Crippen molar-refractivity contribution in [2.75, 3.05) is 26.3 Å². The molecular formula is C32H52N4O7S. The van der Waals surface area contributed by atoms with Crippen LogP contribution in [0.4, 0.5) is 0 Å². The number of nitrogens with one attached hydrogen (secondary N) is 3. The van der Waals surface area contributed by atoms with Gasteiger partial charge < -0.3 is 25.6 Å². The number of hydrogen-bond acceptors (Lipinski definition) is 7. The van der Waals surface area contributed by atoms with Crippen molar-refractivity contribution in [2.24, 2.45) is 11.8 Å². The summed E-state index contributed by atoms with van der Waals surface area (Å²) in [6.45, 7) is 8.52. The first-order valence-electron chi connectivity index (χ1n) is 16.0. The zero-order valence-corrected chi connectivity index (χ0v) is 27.0. The van der Waals surface area contributed by atoms with Gasteiger partial charge in [0, 0.05) is 13.1 Å². The summed E-state index contributed by atoms with van der Waals surface area (Å²) in [5, 5.41) is 27.6. The summed E-state index contributed by atoms with van der Waals surface area (Å²) >= 11 is 0. The second-order valence-electron chi connectivity index (χ2n) is 12.5. The van der Waals surface area contributed by atoms with E-state index in [1.807, 2.05) is 19.9 Å². The Morgan fingerprint density at radius 3 is 2.27 bits per heavy atom. The highest BCUT2D eigenvalue weighted by atomic mass is 32.2. The average Bonchev–Trinajstić information content (AvgIpc) is 3.00. The maximum atomic E-state index is 13.7. The van der Waals surface area contributed by atoms with E-state index in [-0.39, 0.29) is 45.1 Å². The van der Waals surface area contributed by atoms with Crippen LogP contribution >= 0.6 is 0 Å². The fourth-order valence-corrected chi connectivity index (χ4v) is 7.32. The maximum Gasteiger partial charge on any atom is 0.280 e. The predicted molar refractivity (Wildman–Crippen MR) is 170 cm³/mol. The molecule has 1 aromatic rings. The maximum absolute atomic E-state index is 13.7. The van der Waals surface area contributed by atoms with Crippen LogP contribution in [0.5, 0.6) is 0 Å². The van der Waals surface area contributed by atoms with Gasteiger partial charge in [-0.05, 0) is 43.1 Å². The van der Waals surface area contributed by atoms with Crippen molar-refractivity contribution in [1.29, 1.82) is 0 Å². The number of morpholine rings is 1. The van der Waals surface area contributed by atoms with E-state index < -0.39 is 52.4 Å². The van der Waals surface area contributed by atoms with E-state index in [1.165, 1.54) is 16.8 Å². The Labute approximate surface area is 263 Å². The largest absolute Gasteiger partial charge is 0.390 e. The van der Waals surface area contributed by atoms with Gasteiger partial charge in [-0.25, -0.2) is 0 Å². The molecule has 1 aliphatic heterocycles. The molecule has 2 aliphatic rings. The fraction of sp³-hybridized carbons (Fsp3) is 0.688. The topological polar surface area (TPSA) is 157 Å². The zero-order valence-electron chi connectivity index (χ0n) is 26.2. The molecule has 0 aromatic heterocycles. The Morgan fingerprint density at radius 1 is 1.02 bits per heavy atom. The number of ether oxygens (including phenoxy) is 1. The van der Waals surface area contributed by atoms with Crippen LogP contribution in [0, 0.1) is 11.8 Å². The van der Waals surface area contributed by atoms with Crippen molar-refractivity contribution in [2.45, 2.75) is 102 Å². The van der Waals surface area contributed by atoms with Crippen molar-refractivity contribution in [3.63, 3.8) is 0 Å². The molecule has 5 N–H and O–H groups in total. The molecule has 1 aliphatic carbocycles. The monoisotopic (exact) mass is 636 g/mol. The number of aliphatic hydroxyl groups is 2. The third kappa shape index (κ3) is 11.5. The first kappa shape index (κ1) is 36.1. The van der Waals surface area contributed by atoms with Gasteiger partial charge in [0.05, 0.1) is 25.4 Å². The van der Waals surface area contributed by atoms with E-state index in [2.05, 4.69) is 21.9 Å². The van der Waals surface area contributed by atoms with Crippen LogP contribution in [0.1, 0.15) is 70.8 Å². The predicted octanol–water partition coefficient (Wildman–Crippen LogP) is 2.05. The highest BCUT2D eigenvalue weighted by Gasteiger charge is 2.35. The summed E-state index contributed by atoms with van der Waals surface area (Å²) in [4.78, 5) is 27.3. The number of carbonyl (C=O) groups is 2. The molecule has 5 atom stereocenters. The molecule has 11 nitrogen and oxygen atoms in total. The smallest absolute Gasteiger partial charge is 0.280 e. The van der Waals surface area contributed by atoms with Crippen molar-refractivity contribution >= 4 is 22.0 Å². The molecule has 0 spiro atoms. The Morgan fingerprint density at radius 2 is 1.66 bits per heavy atom. The first-order valence-corrected chi connectivity index (χ1v) is 17.4. The molecule has 44 heavy (non-hydrogen) atoms. The van der Waals surface area contributed by atoms with Gasteiger partial charge in [-0.15, -0.1) is 6.58 Å². The Hall–Kier alpha value is -2.35. The molecule has 1 aromatic carbocycles. The number of aliphatic hydroxyl groups excluding tert-OH is 2. The van der Waals surface area contributed by atoms with Gasteiger partial charge in [0.1, 0.15) is 18.2 Å². The van der Waals surface area contributed by atoms with Gasteiger partial charge in [-0.3, -0.25) is 9.59 Å². The van der Waals surface area contributed by atoms with Gasteiger partial charge in [0.25, 0.3) is 10.2 Å². The molecule has 1 saturated carbocycles. The van der Waals surface area contributed by atoms with Gasteiger partial charge in [0.15, 0.2) is 0 Å². The van der Waals surface area contributed by atoms with Crippen LogP contribution in [0.25, 0.3) is 0 Å². The van der Waals surface area contributed by atoms with E-state index in [1.54, 1.807) is 24.3 Å². The highest BCUT2D eigenvalue weighted by molar-refractivity contribution is 7.87. The van der Waals surface area contributed by atoms with Crippen LogP contribution in [-0.2, 0) is 31.0 Å². The van der Waals surface area contributed by atoms with Crippen molar-refractivity contribution in [3.8, 4) is 0 Å². The average molecular weight is 637 g/mol. The normalized spacial score (nSPS) is 20.3. The van der Waals surface area contributed by atoms with Gasteiger partial charge in [-0.2, -0.15) is 17.4 Å². The van der Waals surface area contributed by atoms with E-state index in [9.17, 15) is 28.2 Å². The summed E-state index contributed by atoms with van der Waals surface area (Å²) < 4.78 is 35.5. The van der Waals surface area contributed by atoms with Crippen LogP contribution in [0.2, 0.25) is 0 Å². The van der Waals surface area contributed by atoms with Crippen LogP contribution in [0.3, 0.4) is 0 Å². The number of rotatable bonds is 17. The molecule has 1 heterocycles. The first-order chi connectivity index (χ1) is 21.0. The minimum Gasteiger partial charge on any atom is -0.390 e. The van der Waals surface area contributed by atoms with Gasteiger partial charge in [-0.1, -0.05) is 82.4 Å². The third-order valence-corrected chi connectivity index (χ3v) is 10.0. The lowest BCUT2D eigenvalue weighted by Gasteiger charge is -2.34. The Kier molecular flexibility index (Phi) is 14.7. The molecule has 1 saturated heterocycles. The zero-order chi connectivity index (χ0) is 32.1. The lowest BCUT2D eigenvalue weighted by molar-refractivity contribution is -0.131. The number of benzene rings is 1. The second kappa shape index (κ2) is 18.0. The van der Waals surface area contributed by atoms with E-state index in [4.69, 9.17) is 4.74 Å². The van der Waals surface area contributed by atoms with E-state index in [0.29, 0.717) is 18.8 Å². The number of hydrogen-bond donors (Lipinski definition) is 5.